The van der Waals surface area contributed by atoms with Crippen LogP contribution < -0.4 is 0 Å². The highest BCUT2D eigenvalue weighted by Gasteiger charge is 2.19. The number of hydrogen-bond acceptors (Lipinski definition) is 6. The summed E-state index contributed by atoms with van der Waals surface area (Å²) in [5.41, 5.74) is 0. The Kier molecular flexibility index (Phi) is 55.7. The molecule has 6 heteroatoms. The number of rotatable bonds is 55. The molecule has 0 saturated heterocycles. The van der Waals surface area contributed by atoms with E-state index in [2.05, 4.69) is 69.4 Å². The summed E-state index contributed by atoms with van der Waals surface area (Å²) in [7, 11) is 0. The SMILES string of the molecule is CCCCCCCCC/C=C\C=C/CCCCCC(=O)OCC(COC(=O)CCCCCCCCCCCCCCCCCCCCC)OC(=O)CCCCC/C=C\C=C/CCCCCCCCC. The van der Waals surface area contributed by atoms with Crippen LogP contribution in [0.3, 0.4) is 0 Å². The lowest BCUT2D eigenvalue weighted by Gasteiger charge is -2.18. The van der Waals surface area contributed by atoms with Gasteiger partial charge in [0.2, 0.25) is 0 Å². The van der Waals surface area contributed by atoms with Gasteiger partial charge in [-0.1, -0.05) is 275 Å². The van der Waals surface area contributed by atoms with E-state index in [1.54, 1.807) is 0 Å². The molecule has 69 heavy (non-hydrogen) atoms. The molecule has 0 N–H and O–H groups in total. The predicted octanol–water partition coefficient (Wildman–Crippen LogP) is 20.2. The topological polar surface area (TPSA) is 78.9 Å². The molecule has 0 spiro atoms. The van der Waals surface area contributed by atoms with Crippen LogP contribution in [0.15, 0.2) is 48.6 Å². The van der Waals surface area contributed by atoms with Crippen LogP contribution in [0.25, 0.3) is 0 Å². The minimum absolute atomic E-state index is 0.0892. The standard InChI is InChI=1S/C63H114O6/c1-4-7-10-13-16-19-22-25-28-31-32-33-36-38-41-44-47-50-53-56-62(65)68-59-60(69-63(66)57-54-51-48-45-42-39-35-30-27-24-21-18-15-12-9-6-3)58-67-61(64)55-52-49-46-43-40-37-34-29-26-23-20-17-14-11-8-5-2/h29-30,34-35,37,39-40,42,60H,4-28,31-33,36,38,41,43-59H2,1-3H3/b34-29-,35-30-,40-37-,42-39-. The van der Waals surface area contributed by atoms with Crippen molar-refractivity contribution in [2.45, 2.75) is 322 Å². The van der Waals surface area contributed by atoms with Gasteiger partial charge >= 0.3 is 17.9 Å². The van der Waals surface area contributed by atoms with Crippen LogP contribution in [0.5, 0.6) is 0 Å². The molecule has 0 aliphatic heterocycles. The number of esters is 3. The molecule has 0 radical (unpaired) electrons. The van der Waals surface area contributed by atoms with Crippen LogP contribution >= 0.6 is 0 Å². The zero-order valence-electron chi connectivity index (χ0n) is 46.1. The van der Waals surface area contributed by atoms with E-state index in [4.69, 9.17) is 14.2 Å². The smallest absolute Gasteiger partial charge is 0.306 e. The van der Waals surface area contributed by atoms with Crippen molar-refractivity contribution in [3.63, 3.8) is 0 Å². The molecule has 0 rings (SSSR count). The van der Waals surface area contributed by atoms with Crippen molar-refractivity contribution in [3.05, 3.63) is 48.6 Å². The van der Waals surface area contributed by atoms with Crippen molar-refractivity contribution in [2.24, 2.45) is 0 Å². The van der Waals surface area contributed by atoms with E-state index in [9.17, 15) is 14.4 Å². The van der Waals surface area contributed by atoms with Crippen molar-refractivity contribution in [2.75, 3.05) is 13.2 Å². The molecule has 0 amide bonds. The first kappa shape index (κ1) is 66.4. The third-order valence-electron chi connectivity index (χ3n) is 13.4. The Labute approximate surface area is 428 Å². The lowest BCUT2D eigenvalue weighted by Crippen LogP contribution is -2.30. The van der Waals surface area contributed by atoms with Gasteiger partial charge in [0.25, 0.3) is 0 Å². The zero-order chi connectivity index (χ0) is 50.0. The molecule has 0 aromatic rings. The van der Waals surface area contributed by atoms with Crippen molar-refractivity contribution in [1.82, 2.24) is 0 Å². The number of carbonyl (C=O) groups excluding carboxylic acids is 3. The van der Waals surface area contributed by atoms with Gasteiger partial charge in [0.1, 0.15) is 13.2 Å². The van der Waals surface area contributed by atoms with Crippen molar-refractivity contribution < 1.29 is 28.6 Å². The second-order valence-electron chi connectivity index (χ2n) is 20.3. The third-order valence-corrected chi connectivity index (χ3v) is 13.4. The van der Waals surface area contributed by atoms with Gasteiger partial charge in [-0.05, 0) is 70.6 Å². The fourth-order valence-corrected chi connectivity index (χ4v) is 8.78. The van der Waals surface area contributed by atoms with Gasteiger partial charge in [0.05, 0.1) is 0 Å². The molecule has 0 aromatic carbocycles. The van der Waals surface area contributed by atoms with E-state index in [1.807, 2.05) is 0 Å². The monoisotopic (exact) mass is 967 g/mol. The summed E-state index contributed by atoms with van der Waals surface area (Å²) in [6.45, 7) is 6.63. The van der Waals surface area contributed by atoms with Crippen LogP contribution in [0.4, 0.5) is 0 Å². The minimum atomic E-state index is -0.796. The number of hydrogen-bond donors (Lipinski definition) is 0. The van der Waals surface area contributed by atoms with Crippen LogP contribution in [0, 0.1) is 0 Å². The summed E-state index contributed by atoms with van der Waals surface area (Å²) in [5, 5.41) is 0. The molecule has 0 aromatic heterocycles. The molecule has 1 atom stereocenters. The fraction of sp³-hybridized carbons (Fsp3) is 0.825. The molecule has 0 heterocycles. The maximum Gasteiger partial charge on any atom is 0.306 e. The van der Waals surface area contributed by atoms with Crippen molar-refractivity contribution in [1.29, 1.82) is 0 Å². The summed E-state index contributed by atoms with van der Waals surface area (Å²) in [6, 6.07) is 0. The van der Waals surface area contributed by atoms with E-state index < -0.39 is 6.10 Å². The lowest BCUT2D eigenvalue weighted by molar-refractivity contribution is -0.167. The van der Waals surface area contributed by atoms with E-state index >= 15 is 0 Å². The Hall–Kier alpha value is -2.63. The molecular formula is C63H114O6. The quantitative estimate of drug-likeness (QED) is 0.0262. The first-order chi connectivity index (χ1) is 34.0. The van der Waals surface area contributed by atoms with E-state index in [0.29, 0.717) is 19.3 Å². The van der Waals surface area contributed by atoms with E-state index in [-0.39, 0.29) is 31.1 Å². The summed E-state index contributed by atoms with van der Waals surface area (Å²) in [4.78, 5) is 38.2. The van der Waals surface area contributed by atoms with Gasteiger partial charge < -0.3 is 14.2 Å². The second-order valence-corrected chi connectivity index (χ2v) is 20.3. The van der Waals surface area contributed by atoms with Crippen LogP contribution in [0.2, 0.25) is 0 Å². The molecule has 0 bridgehead atoms. The minimum Gasteiger partial charge on any atom is -0.462 e. The summed E-state index contributed by atoms with van der Waals surface area (Å²) in [6.07, 6.45) is 71.1. The van der Waals surface area contributed by atoms with Gasteiger partial charge in [-0.15, -0.1) is 0 Å². The highest BCUT2D eigenvalue weighted by atomic mass is 16.6. The Morgan fingerprint density at radius 3 is 0.783 bits per heavy atom. The number of allylic oxidation sites excluding steroid dienone is 8. The highest BCUT2D eigenvalue weighted by Crippen LogP contribution is 2.16. The number of unbranched alkanes of at least 4 members (excludes halogenated alkanes) is 38. The van der Waals surface area contributed by atoms with Crippen LogP contribution in [-0.4, -0.2) is 37.2 Å². The van der Waals surface area contributed by atoms with Crippen molar-refractivity contribution in [3.8, 4) is 0 Å². The maximum absolute atomic E-state index is 12.9. The molecule has 0 saturated carbocycles. The predicted molar refractivity (Wildman–Crippen MR) is 298 cm³/mol. The third kappa shape index (κ3) is 56.2. The maximum atomic E-state index is 12.9. The van der Waals surface area contributed by atoms with Gasteiger partial charge in [-0.2, -0.15) is 0 Å². The van der Waals surface area contributed by atoms with Gasteiger partial charge in [-0.3, -0.25) is 14.4 Å². The summed E-state index contributed by atoms with van der Waals surface area (Å²) in [5.74, 6) is -0.927. The van der Waals surface area contributed by atoms with Crippen molar-refractivity contribution >= 4 is 17.9 Å². The molecule has 0 aliphatic rings. The number of ether oxygens (including phenoxy) is 3. The molecule has 0 fully saturated rings. The molecular weight excluding hydrogens is 853 g/mol. The highest BCUT2D eigenvalue weighted by molar-refractivity contribution is 5.71. The first-order valence-corrected chi connectivity index (χ1v) is 30.2. The van der Waals surface area contributed by atoms with Crippen LogP contribution in [-0.2, 0) is 28.6 Å². The molecule has 6 nitrogen and oxygen atoms in total. The molecule has 1 unspecified atom stereocenters. The summed E-state index contributed by atoms with van der Waals surface area (Å²) >= 11 is 0. The largest absolute Gasteiger partial charge is 0.462 e. The Morgan fingerprint density at radius 1 is 0.290 bits per heavy atom. The Bertz CT molecular complexity index is 1200. The van der Waals surface area contributed by atoms with Gasteiger partial charge in [0, 0.05) is 19.3 Å². The Morgan fingerprint density at radius 2 is 0.507 bits per heavy atom. The normalized spacial score (nSPS) is 12.3. The molecule has 0 aliphatic carbocycles. The average molecular weight is 968 g/mol. The summed E-state index contributed by atoms with van der Waals surface area (Å²) < 4.78 is 16.9. The number of carbonyl (C=O) groups is 3. The van der Waals surface area contributed by atoms with Gasteiger partial charge in [-0.25, -0.2) is 0 Å². The second kappa shape index (κ2) is 57.9. The van der Waals surface area contributed by atoms with Gasteiger partial charge in [0.15, 0.2) is 6.10 Å². The fourth-order valence-electron chi connectivity index (χ4n) is 8.78. The van der Waals surface area contributed by atoms with E-state index in [0.717, 1.165) is 83.5 Å². The molecule has 402 valence electrons. The van der Waals surface area contributed by atoms with Crippen LogP contribution in [0.1, 0.15) is 316 Å². The Balaban J connectivity index is 4.40. The lowest BCUT2D eigenvalue weighted by atomic mass is 10.0. The zero-order valence-corrected chi connectivity index (χ0v) is 46.1. The average Bonchev–Trinajstić information content (AvgIpc) is 3.35. The first-order valence-electron chi connectivity index (χ1n) is 30.2. The van der Waals surface area contributed by atoms with E-state index in [1.165, 1.54) is 193 Å².